The van der Waals surface area contributed by atoms with Gasteiger partial charge in [0.05, 0.1) is 6.07 Å². The van der Waals surface area contributed by atoms with Gasteiger partial charge in [0.1, 0.15) is 6.04 Å². The quantitative estimate of drug-likeness (QED) is 0.751. The molecule has 0 aliphatic rings. The number of nitrogens with one attached hydrogen (secondary N) is 1. The second-order valence-electron chi connectivity index (χ2n) is 5.43. The standard InChI is InChI=1S/C20H18N2/c1-15(16-8-3-2-4-9-16)22-20(14-21)19-13-7-11-17-10-5-6-12-18(17)19/h2-13,15,20,22H,1H3/t15-,20-/m1/s1. The van der Waals surface area contributed by atoms with Crippen molar-refractivity contribution in [3.8, 4) is 6.07 Å². The lowest BCUT2D eigenvalue weighted by atomic mass is 9.98. The molecule has 3 rings (SSSR count). The number of rotatable bonds is 4. The summed E-state index contributed by atoms with van der Waals surface area (Å²) in [7, 11) is 0. The highest BCUT2D eigenvalue weighted by Gasteiger charge is 2.16. The van der Waals surface area contributed by atoms with E-state index in [2.05, 4.69) is 48.6 Å². The van der Waals surface area contributed by atoms with Crippen molar-refractivity contribution in [3.63, 3.8) is 0 Å². The minimum absolute atomic E-state index is 0.116. The van der Waals surface area contributed by atoms with Crippen molar-refractivity contribution in [1.29, 1.82) is 5.26 Å². The van der Waals surface area contributed by atoms with Gasteiger partial charge in [-0.05, 0) is 28.8 Å². The molecule has 3 aromatic carbocycles. The molecule has 0 radical (unpaired) electrons. The molecule has 0 heterocycles. The molecule has 0 saturated carbocycles. The van der Waals surface area contributed by atoms with Gasteiger partial charge in [0.15, 0.2) is 0 Å². The summed E-state index contributed by atoms with van der Waals surface area (Å²) >= 11 is 0. The fourth-order valence-corrected chi connectivity index (χ4v) is 2.79. The summed E-state index contributed by atoms with van der Waals surface area (Å²) in [6, 6.07) is 26.7. The summed E-state index contributed by atoms with van der Waals surface area (Å²) in [4.78, 5) is 0. The summed E-state index contributed by atoms with van der Waals surface area (Å²) in [6.07, 6.45) is 0. The van der Waals surface area contributed by atoms with Gasteiger partial charge in [-0.25, -0.2) is 0 Å². The number of hydrogen-bond donors (Lipinski definition) is 1. The predicted molar refractivity (Wildman–Crippen MR) is 90.3 cm³/mol. The molecule has 0 aliphatic carbocycles. The molecule has 2 atom stereocenters. The van der Waals surface area contributed by atoms with Crippen molar-refractivity contribution in [2.45, 2.75) is 19.0 Å². The first-order valence-corrected chi connectivity index (χ1v) is 7.48. The van der Waals surface area contributed by atoms with Gasteiger partial charge in [-0.15, -0.1) is 0 Å². The number of hydrogen-bond acceptors (Lipinski definition) is 2. The van der Waals surface area contributed by atoms with E-state index in [-0.39, 0.29) is 12.1 Å². The fourth-order valence-electron chi connectivity index (χ4n) is 2.79. The zero-order chi connectivity index (χ0) is 15.4. The second kappa shape index (κ2) is 6.43. The molecule has 0 fully saturated rings. The van der Waals surface area contributed by atoms with Crippen LogP contribution in [0.5, 0.6) is 0 Å². The van der Waals surface area contributed by atoms with Crippen LogP contribution in [0.1, 0.15) is 30.1 Å². The van der Waals surface area contributed by atoms with Gasteiger partial charge in [0.25, 0.3) is 0 Å². The Bertz CT molecular complexity index is 797. The Hall–Kier alpha value is -2.63. The van der Waals surface area contributed by atoms with Gasteiger partial charge >= 0.3 is 0 Å². The van der Waals surface area contributed by atoms with E-state index in [0.717, 1.165) is 16.3 Å². The lowest BCUT2D eigenvalue weighted by Gasteiger charge is -2.20. The van der Waals surface area contributed by atoms with E-state index in [1.165, 1.54) is 5.56 Å². The van der Waals surface area contributed by atoms with E-state index in [1.807, 2.05) is 42.5 Å². The van der Waals surface area contributed by atoms with Gasteiger partial charge in [0, 0.05) is 6.04 Å². The number of nitrogens with zero attached hydrogens (tertiary/aromatic N) is 1. The van der Waals surface area contributed by atoms with E-state index >= 15 is 0 Å². The van der Waals surface area contributed by atoms with Crippen LogP contribution in [0.3, 0.4) is 0 Å². The average Bonchev–Trinajstić information content (AvgIpc) is 2.60. The van der Waals surface area contributed by atoms with Gasteiger partial charge in [0.2, 0.25) is 0 Å². The number of benzene rings is 3. The molecule has 2 heteroatoms. The Morgan fingerprint density at radius 3 is 2.32 bits per heavy atom. The highest BCUT2D eigenvalue weighted by atomic mass is 14.9. The molecule has 0 aliphatic heterocycles. The third-order valence-corrected chi connectivity index (χ3v) is 3.98. The van der Waals surface area contributed by atoms with Crippen molar-refractivity contribution in [2.75, 3.05) is 0 Å². The third-order valence-electron chi connectivity index (χ3n) is 3.98. The molecule has 108 valence electrons. The van der Waals surface area contributed by atoms with Crippen molar-refractivity contribution in [3.05, 3.63) is 83.9 Å². The Morgan fingerprint density at radius 1 is 0.864 bits per heavy atom. The Balaban J connectivity index is 1.92. The van der Waals surface area contributed by atoms with Crippen LogP contribution in [0.25, 0.3) is 10.8 Å². The maximum atomic E-state index is 9.62. The van der Waals surface area contributed by atoms with Crippen LogP contribution in [0.4, 0.5) is 0 Å². The van der Waals surface area contributed by atoms with Crippen molar-refractivity contribution >= 4 is 10.8 Å². The normalized spacial score (nSPS) is 13.5. The van der Waals surface area contributed by atoms with Crippen molar-refractivity contribution in [2.24, 2.45) is 0 Å². The zero-order valence-corrected chi connectivity index (χ0v) is 12.5. The van der Waals surface area contributed by atoms with E-state index in [9.17, 15) is 5.26 Å². The Kier molecular flexibility index (Phi) is 4.18. The lowest BCUT2D eigenvalue weighted by molar-refractivity contribution is 0.535. The summed E-state index contributed by atoms with van der Waals surface area (Å²) in [5.74, 6) is 0. The molecular weight excluding hydrogens is 268 g/mol. The van der Waals surface area contributed by atoms with E-state index in [1.54, 1.807) is 0 Å². The maximum absolute atomic E-state index is 9.62. The molecule has 0 spiro atoms. The van der Waals surface area contributed by atoms with Gasteiger partial charge in [-0.2, -0.15) is 5.26 Å². The molecule has 0 saturated heterocycles. The molecule has 0 bridgehead atoms. The van der Waals surface area contributed by atoms with Crippen molar-refractivity contribution < 1.29 is 0 Å². The summed E-state index contributed by atoms with van der Waals surface area (Å²) in [5.41, 5.74) is 2.21. The van der Waals surface area contributed by atoms with Crippen LogP contribution in [-0.4, -0.2) is 0 Å². The molecule has 22 heavy (non-hydrogen) atoms. The average molecular weight is 286 g/mol. The van der Waals surface area contributed by atoms with Crippen LogP contribution in [-0.2, 0) is 0 Å². The molecule has 0 aromatic heterocycles. The van der Waals surface area contributed by atoms with Crippen molar-refractivity contribution in [1.82, 2.24) is 5.32 Å². The molecule has 3 aromatic rings. The highest BCUT2D eigenvalue weighted by molar-refractivity contribution is 5.86. The molecular formula is C20H18N2. The van der Waals surface area contributed by atoms with E-state index in [0.29, 0.717) is 0 Å². The zero-order valence-electron chi connectivity index (χ0n) is 12.5. The predicted octanol–water partition coefficient (Wildman–Crippen LogP) is 4.76. The van der Waals surface area contributed by atoms with Gasteiger partial charge in [-0.3, -0.25) is 5.32 Å². The first-order chi connectivity index (χ1) is 10.8. The van der Waals surface area contributed by atoms with Crippen LogP contribution < -0.4 is 5.32 Å². The minimum atomic E-state index is -0.332. The first kappa shape index (κ1) is 14.3. The SMILES string of the molecule is C[C@@H](N[C@H](C#N)c1cccc2ccccc12)c1ccccc1. The fraction of sp³-hybridized carbons (Fsp3) is 0.150. The van der Waals surface area contributed by atoms with Crippen LogP contribution >= 0.6 is 0 Å². The summed E-state index contributed by atoms with van der Waals surface area (Å²) in [5, 5.41) is 15.3. The van der Waals surface area contributed by atoms with Crippen LogP contribution in [0.15, 0.2) is 72.8 Å². The van der Waals surface area contributed by atoms with Gasteiger partial charge in [-0.1, -0.05) is 72.8 Å². The molecule has 0 unspecified atom stereocenters. The Labute approximate surface area is 131 Å². The van der Waals surface area contributed by atoms with Crippen LogP contribution in [0.2, 0.25) is 0 Å². The van der Waals surface area contributed by atoms with E-state index < -0.39 is 0 Å². The minimum Gasteiger partial charge on any atom is -0.292 e. The maximum Gasteiger partial charge on any atom is 0.122 e. The van der Waals surface area contributed by atoms with Crippen LogP contribution in [0, 0.1) is 11.3 Å². The first-order valence-electron chi connectivity index (χ1n) is 7.48. The smallest absolute Gasteiger partial charge is 0.122 e. The largest absolute Gasteiger partial charge is 0.292 e. The molecule has 1 N–H and O–H groups in total. The van der Waals surface area contributed by atoms with Gasteiger partial charge < -0.3 is 0 Å². The molecule has 2 nitrogen and oxygen atoms in total. The van der Waals surface area contributed by atoms with E-state index in [4.69, 9.17) is 0 Å². The highest BCUT2D eigenvalue weighted by Crippen LogP contribution is 2.26. The summed E-state index contributed by atoms with van der Waals surface area (Å²) < 4.78 is 0. The number of fused-ring (bicyclic) bond motifs is 1. The Morgan fingerprint density at radius 2 is 1.55 bits per heavy atom. The second-order valence-corrected chi connectivity index (χ2v) is 5.43. The number of nitriles is 1. The molecule has 0 amide bonds. The lowest BCUT2D eigenvalue weighted by Crippen LogP contribution is -2.23. The summed E-state index contributed by atoms with van der Waals surface area (Å²) in [6.45, 7) is 2.09. The third kappa shape index (κ3) is 2.86. The topological polar surface area (TPSA) is 35.8 Å². The monoisotopic (exact) mass is 286 g/mol.